The van der Waals surface area contributed by atoms with Crippen LogP contribution in [-0.4, -0.2) is 70.0 Å². The van der Waals surface area contributed by atoms with E-state index in [1.54, 1.807) is 43.8 Å². The largest absolute Gasteiger partial charge is 0.337 e. The number of aromatic nitrogens is 4. The number of nitrogens with one attached hydrogen (secondary N) is 1. The van der Waals surface area contributed by atoms with E-state index in [1.165, 1.54) is 4.90 Å². The second-order valence-electron chi connectivity index (χ2n) is 6.15. The number of nitrogens with zero attached hydrogens (tertiary/aromatic N) is 7. The highest BCUT2D eigenvalue weighted by Crippen LogP contribution is 2.17. The summed E-state index contributed by atoms with van der Waals surface area (Å²) in [5.41, 5.74) is 0.830. The molecule has 0 aliphatic carbocycles. The molecule has 2 aliphatic heterocycles. The summed E-state index contributed by atoms with van der Waals surface area (Å²) < 4.78 is 0. The van der Waals surface area contributed by atoms with Crippen LogP contribution >= 0.6 is 0 Å². The summed E-state index contributed by atoms with van der Waals surface area (Å²) in [6.45, 7) is 2.99. The van der Waals surface area contributed by atoms with Crippen LogP contribution in [0, 0.1) is 0 Å². The van der Waals surface area contributed by atoms with Crippen LogP contribution in [0.25, 0.3) is 6.08 Å². The maximum Gasteiger partial charge on any atom is 0.328 e. The van der Waals surface area contributed by atoms with Crippen LogP contribution in [0.1, 0.15) is 5.69 Å². The minimum atomic E-state index is -0.445. The van der Waals surface area contributed by atoms with Gasteiger partial charge in [-0.3, -0.25) is 15.0 Å². The molecule has 0 unspecified atom stereocenters. The fourth-order valence-corrected chi connectivity index (χ4v) is 2.96. The Hall–Kier alpha value is -3.56. The maximum atomic E-state index is 11.8. The Bertz CT molecular complexity index is 893. The van der Waals surface area contributed by atoms with Crippen molar-refractivity contribution in [1.29, 1.82) is 0 Å². The Labute approximate surface area is 155 Å². The van der Waals surface area contributed by atoms with Crippen LogP contribution in [0.3, 0.4) is 0 Å². The number of hydrogen-bond acceptors (Lipinski definition) is 8. The quantitative estimate of drug-likeness (QED) is 0.603. The van der Waals surface area contributed by atoms with Crippen molar-refractivity contribution < 1.29 is 9.59 Å². The van der Waals surface area contributed by atoms with Crippen molar-refractivity contribution in [2.24, 2.45) is 0 Å². The zero-order valence-electron chi connectivity index (χ0n) is 14.7. The number of carbonyl (C=O) groups excluding carboxylic acids is 2. The number of anilines is 2. The van der Waals surface area contributed by atoms with Gasteiger partial charge in [0.05, 0.1) is 5.69 Å². The fourth-order valence-electron chi connectivity index (χ4n) is 2.96. The first-order chi connectivity index (χ1) is 13.1. The first kappa shape index (κ1) is 16.9. The van der Waals surface area contributed by atoms with Crippen molar-refractivity contribution >= 4 is 29.9 Å². The predicted molar refractivity (Wildman–Crippen MR) is 97.8 cm³/mol. The number of piperazine rings is 1. The number of hydrogen-bond donors (Lipinski definition) is 1. The van der Waals surface area contributed by atoms with Crippen molar-refractivity contribution in [1.82, 2.24) is 30.2 Å². The Balaban J connectivity index is 1.48. The van der Waals surface area contributed by atoms with E-state index in [0.717, 1.165) is 32.1 Å². The first-order valence-electron chi connectivity index (χ1n) is 8.52. The first-order valence-corrected chi connectivity index (χ1v) is 8.52. The highest BCUT2D eigenvalue weighted by atomic mass is 16.2. The zero-order chi connectivity index (χ0) is 18.8. The molecule has 0 bridgehead atoms. The average molecular weight is 366 g/mol. The summed E-state index contributed by atoms with van der Waals surface area (Å²) in [5, 5.41) is 2.24. The molecule has 0 spiro atoms. The van der Waals surface area contributed by atoms with Crippen molar-refractivity contribution in [3.8, 4) is 0 Å². The van der Waals surface area contributed by atoms with Gasteiger partial charge in [0.25, 0.3) is 5.91 Å². The zero-order valence-corrected chi connectivity index (χ0v) is 14.7. The second kappa shape index (κ2) is 6.98. The number of likely N-dealkylation sites (N-methyl/N-ethyl adjacent to an activating group) is 1. The molecular weight excluding hydrogens is 348 g/mol. The van der Waals surface area contributed by atoms with E-state index in [2.05, 4.69) is 35.1 Å². The number of rotatable bonds is 3. The summed E-state index contributed by atoms with van der Waals surface area (Å²) in [5.74, 6) is 0.876. The third kappa shape index (κ3) is 3.41. The summed E-state index contributed by atoms with van der Waals surface area (Å²) in [4.78, 5) is 46.3. The third-order valence-electron chi connectivity index (χ3n) is 4.47. The predicted octanol–water partition coefficient (Wildman–Crippen LogP) is 0.116. The monoisotopic (exact) mass is 366 g/mol. The molecule has 1 N–H and O–H groups in total. The van der Waals surface area contributed by atoms with E-state index < -0.39 is 11.9 Å². The van der Waals surface area contributed by atoms with Gasteiger partial charge in [0.2, 0.25) is 11.9 Å². The second-order valence-corrected chi connectivity index (χ2v) is 6.15. The highest BCUT2D eigenvalue weighted by molar-refractivity contribution is 6.13. The van der Waals surface area contributed by atoms with Gasteiger partial charge in [-0.2, -0.15) is 0 Å². The van der Waals surface area contributed by atoms with Crippen LogP contribution in [-0.2, 0) is 4.79 Å². The molecular formula is C17H18N8O2. The Morgan fingerprint density at radius 2 is 1.59 bits per heavy atom. The van der Waals surface area contributed by atoms with Crippen molar-refractivity contribution in [3.63, 3.8) is 0 Å². The van der Waals surface area contributed by atoms with E-state index in [9.17, 15) is 9.59 Å². The fraction of sp³-hybridized carbons (Fsp3) is 0.294. The normalized spacial score (nSPS) is 19.0. The highest BCUT2D eigenvalue weighted by Gasteiger charge is 2.30. The molecule has 27 heavy (non-hydrogen) atoms. The van der Waals surface area contributed by atoms with Crippen molar-refractivity contribution in [2.75, 3.05) is 43.0 Å². The minimum absolute atomic E-state index is 0.260. The van der Waals surface area contributed by atoms with Gasteiger partial charge in [-0.15, -0.1) is 0 Å². The van der Waals surface area contributed by atoms with E-state index in [4.69, 9.17) is 0 Å². The smallest absolute Gasteiger partial charge is 0.328 e. The lowest BCUT2D eigenvalue weighted by Gasteiger charge is -2.34. The van der Waals surface area contributed by atoms with Gasteiger partial charge in [-0.05, 0) is 18.2 Å². The van der Waals surface area contributed by atoms with Crippen molar-refractivity contribution in [3.05, 3.63) is 42.1 Å². The molecule has 0 saturated carbocycles. The third-order valence-corrected chi connectivity index (χ3v) is 4.47. The average Bonchev–Trinajstić information content (AvgIpc) is 2.95. The lowest BCUT2D eigenvalue weighted by Crippen LogP contribution is -2.47. The van der Waals surface area contributed by atoms with Gasteiger partial charge < -0.3 is 9.80 Å². The maximum absolute atomic E-state index is 11.8. The van der Waals surface area contributed by atoms with Gasteiger partial charge in [0.1, 0.15) is 5.70 Å². The van der Waals surface area contributed by atoms with E-state index >= 15 is 0 Å². The lowest BCUT2D eigenvalue weighted by atomic mass is 10.3. The molecule has 2 aromatic rings. The van der Waals surface area contributed by atoms with E-state index in [0.29, 0.717) is 11.6 Å². The number of carbonyl (C=O) groups is 2. The molecule has 2 fully saturated rings. The molecule has 2 aromatic heterocycles. The van der Waals surface area contributed by atoms with Crippen LogP contribution in [0.2, 0.25) is 0 Å². The van der Waals surface area contributed by atoms with Crippen LogP contribution in [0.15, 0.2) is 36.4 Å². The molecule has 138 valence electrons. The molecule has 4 rings (SSSR count). The Morgan fingerprint density at radius 3 is 2.22 bits per heavy atom. The molecule has 4 heterocycles. The Kier molecular flexibility index (Phi) is 4.37. The van der Waals surface area contributed by atoms with Gasteiger partial charge in [-0.25, -0.2) is 24.7 Å². The molecule has 3 amide bonds. The Morgan fingerprint density at radius 1 is 0.963 bits per heavy atom. The topological polar surface area (TPSA) is 107 Å². The molecule has 0 atom stereocenters. The molecule has 0 radical (unpaired) electrons. The summed E-state index contributed by atoms with van der Waals surface area (Å²) in [6, 6.07) is 3.05. The van der Waals surface area contributed by atoms with Crippen LogP contribution < -0.4 is 15.1 Å². The molecule has 2 saturated heterocycles. The minimum Gasteiger partial charge on any atom is -0.337 e. The molecule has 10 heteroatoms. The van der Waals surface area contributed by atoms with Crippen molar-refractivity contribution in [2.45, 2.75) is 0 Å². The summed E-state index contributed by atoms with van der Waals surface area (Å²) >= 11 is 0. The van der Waals surface area contributed by atoms with Gasteiger partial charge in [0.15, 0.2) is 0 Å². The lowest BCUT2D eigenvalue weighted by molar-refractivity contribution is -0.115. The van der Waals surface area contributed by atoms with Gasteiger partial charge in [0, 0.05) is 51.8 Å². The van der Waals surface area contributed by atoms with Gasteiger partial charge >= 0.3 is 6.03 Å². The van der Waals surface area contributed by atoms with Crippen LogP contribution in [0.5, 0.6) is 0 Å². The molecule has 10 nitrogen and oxygen atoms in total. The summed E-state index contributed by atoms with van der Waals surface area (Å²) in [6.07, 6.45) is 6.70. The number of imide groups is 1. The number of amides is 3. The molecule has 2 aliphatic rings. The SMILES string of the molecule is CN1C(=O)NC(=O)/C1=C/c1ccnc(N2CCN(c3ncccn3)CC2)n1. The standard InChI is InChI=1S/C17H18N8O2/c1-23-13(14(26)22-17(23)27)11-12-3-6-20-16(21-12)25-9-7-24(8-10-25)15-18-4-2-5-19-15/h2-6,11H,7-10H2,1H3,(H,22,26,27)/b13-11-. The summed E-state index contributed by atoms with van der Waals surface area (Å²) in [7, 11) is 1.54. The van der Waals surface area contributed by atoms with Gasteiger partial charge in [-0.1, -0.05) is 0 Å². The van der Waals surface area contributed by atoms with E-state index in [1.807, 2.05) is 0 Å². The number of urea groups is 1. The van der Waals surface area contributed by atoms with Crippen LogP contribution in [0.4, 0.5) is 16.7 Å². The molecule has 0 aromatic carbocycles. The van der Waals surface area contributed by atoms with E-state index in [-0.39, 0.29) is 5.70 Å².